The Morgan fingerprint density at radius 3 is 2.50 bits per heavy atom. The van der Waals surface area contributed by atoms with Crippen molar-refractivity contribution >= 4 is 22.6 Å². The van der Waals surface area contributed by atoms with Crippen LogP contribution in [0.3, 0.4) is 0 Å². The number of imidazole rings is 1. The number of nitrogens with one attached hydrogen (secondary N) is 1. The molecular formula is C20H23N3O. The zero-order valence-corrected chi connectivity index (χ0v) is 14.5. The Labute approximate surface area is 142 Å². The van der Waals surface area contributed by atoms with Crippen LogP contribution in [0.5, 0.6) is 0 Å². The van der Waals surface area contributed by atoms with Crippen LogP contribution in [-0.4, -0.2) is 15.5 Å². The maximum absolute atomic E-state index is 12.6. The first-order chi connectivity index (χ1) is 11.6. The molecule has 1 N–H and O–H groups in total. The fourth-order valence-corrected chi connectivity index (χ4v) is 3.05. The van der Waals surface area contributed by atoms with Crippen LogP contribution in [0.25, 0.3) is 11.0 Å². The quantitative estimate of drug-likeness (QED) is 0.764. The Morgan fingerprint density at radius 1 is 1.08 bits per heavy atom. The van der Waals surface area contributed by atoms with Crippen LogP contribution in [0.15, 0.2) is 42.5 Å². The van der Waals surface area contributed by atoms with Crippen LogP contribution < -0.4 is 5.32 Å². The number of carbonyl (C=O) groups excluding carboxylic acids is 1. The molecule has 3 rings (SSSR count). The van der Waals surface area contributed by atoms with E-state index in [0.717, 1.165) is 46.5 Å². The van der Waals surface area contributed by atoms with E-state index < -0.39 is 0 Å². The zero-order valence-electron chi connectivity index (χ0n) is 14.5. The van der Waals surface area contributed by atoms with E-state index >= 15 is 0 Å². The molecule has 4 nitrogen and oxygen atoms in total. The van der Waals surface area contributed by atoms with Crippen molar-refractivity contribution < 1.29 is 4.79 Å². The molecule has 1 amide bonds. The van der Waals surface area contributed by atoms with Gasteiger partial charge in [-0.25, -0.2) is 4.98 Å². The molecule has 0 unspecified atom stereocenters. The second-order valence-electron chi connectivity index (χ2n) is 6.17. The number of aromatic nitrogens is 2. The van der Waals surface area contributed by atoms with Crippen LogP contribution in [0.4, 0.5) is 5.69 Å². The highest BCUT2D eigenvalue weighted by atomic mass is 16.1. The molecular weight excluding hydrogens is 298 g/mol. The molecule has 124 valence electrons. The van der Waals surface area contributed by atoms with Gasteiger partial charge in [0.1, 0.15) is 12.4 Å². The molecule has 0 spiro atoms. The smallest absolute Gasteiger partial charge is 0.244 e. The fourth-order valence-electron chi connectivity index (χ4n) is 3.05. The van der Waals surface area contributed by atoms with Gasteiger partial charge in [-0.3, -0.25) is 4.79 Å². The van der Waals surface area contributed by atoms with E-state index in [1.165, 1.54) is 0 Å². The summed E-state index contributed by atoms with van der Waals surface area (Å²) in [4.78, 5) is 17.3. The summed E-state index contributed by atoms with van der Waals surface area (Å²) in [5.74, 6) is 0.947. The van der Waals surface area contributed by atoms with Gasteiger partial charge in [-0.1, -0.05) is 37.3 Å². The topological polar surface area (TPSA) is 46.9 Å². The summed E-state index contributed by atoms with van der Waals surface area (Å²) in [6, 6.07) is 14.0. The van der Waals surface area contributed by atoms with Crippen LogP contribution in [-0.2, 0) is 17.8 Å². The first-order valence-electron chi connectivity index (χ1n) is 8.40. The molecule has 0 aliphatic carbocycles. The Hall–Kier alpha value is -2.62. The van der Waals surface area contributed by atoms with Crippen molar-refractivity contribution in [1.82, 2.24) is 9.55 Å². The van der Waals surface area contributed by atoms with Crippen molar-refractivity contribution in [3.8, 4) is 0 Å². The number of nitrogens with zero attached hydrogens (tertiary/aromatic N) is 2. The number of benzene rings is 2. The number of aryl methyl sites for hydroxylation is 3. The number of hydrogen-bond acceptors (Lipinski definition) is 2. The van der Waals surface area contributed by atoms with Crippen molar-refractivity contribution in [2.45, 2.75) is 40.2 Å². The van der Waals surface area contributed by atoms with Gasteiger partial charge in [-0.05, 0) is 43.5 Å². The molecule has 0 saturated heterocycles. The third-order valence-corrected chi connectivity index (χ3v) is 4.25. The third-order valence-electron chi connectivity index (χ3n) is 4.25. The van der Waals surface area contributed by atoms with E-state index in [1.54, 1.807) is 0 Å². The summed E-state index contributed by atoms with van der Waals surface area (Å²) in [7, 11) is 0. The largest absolute Gasteiger partial charge is 0.324 e. The van der Waals surface area contributed by atoms with Crippen molar-refractivity contribution in [3.63, 3.8) is 0 Å². The number of rotatable bonds is 5. The van der Waals surface area contributed by atoms with Gasteiger partial charge in [-0.15, -0.1) is 0 Å². The standard InChI is InChI=1S/C20H23N3O/c1-4-8-18-21-16-11-5-6-12-17(16)23(18)13-19(24)22-20-14(2)9-7-10-15(20)3/h5-7,9-12H,4,8,13H2,1-3H3,(H,22,24). The molecule has 1 heterocycles. The summed E-state index contributed by atoms with van der Waals surface area (Å²) < 4.78 is 2.03. The molecule has 0 aliphatic heterocycles. The van der Waals surface area contributed by atoms with E-state index in [2.05, 4.69) is 17.2 Å². The fraction of sp³-hybridized carbons (Fsp3) is 0.300. The van der Waals surface area contributed by atoms with Gasteiger partial charge in [-0.2, -0.15) is 0 Å². The summed E-state index contributed by atoms with van der Waals surface area (Å²) in [5, 5.41) is 3.06. The maximum atomic E-state index is 12.6. The minimum atomic E-state index is -0.0205. The van der Waals surface area contributed by atoms with Gasteiger partial charge >= 0.3 is 0 Å². The van der Waals surface area contributed by atoms with Crippen LogP contribution in [0.1, 0.15) is 30.3 Å². The Morgan fingerprint density at radius 2 is 1.79 bits per heavy atom. The molecule has 0 radical (unpaired) electrons. The monoisotopic (exact) mass is 321 g/mol. The molecule has 0 aliphatic rings. The number of fused-ring (bicyclic) bond motifs is 1. The van der Waals surface area contributed by atoms with Crippen LogP contribution in [0.2, 0.25) is 0 Å². The van der Waals surface area contributed by atoms with Gasteiger partial charge in [0.2, 0.25) is 5.91 Å². The van der Waals surface area contributed by atoms with Gasteiger partial charge in [0.05, 0.1) is 11.0 Å². The summed E-state index contributed by atoms with van der Waals surface area (Å²) in [5.41, 5.74) is 5.02. The second-order valence-corrected chi connectivity index (χ2v) is 6.17. The zero-order chi connectivity index (χ0) is 17.1. The average molecular weight is 321 g/mol. The Bertz CT molecular complexity index is 859. The molecule has 3 aromatic rings. The SMILES string of the molecule is CCCc1nc2ccccc2n1CC(=O)Nc1c(C)cccc1C. The number of carbonyl (C=O) groups is 1. The summed E-state index contributed by atoms with van der Waals surface area (Å²) in [6.45, 7) is 6.43. The number of para-hydroxylation sites is 3. The first kappa shape index (κ1) is 16.2. The van der Waals surface area contributed by atoms with Crippen LogP contribution >= 0.6 is 0 Å². The lowest BCUT2D eigenvalue weighted by molar-refractivity contribution is -0.116. The number of amides is 1. The molecule has 0 saturated carbocycles. The highest BCUT2D eigenvalue weighted by Gasteiger charge is 2.14. The van der Waals surface area contributed by atoms with Crippen LogP contribution in [0, 0.1) is 13.8 Å². The molecule has 24 heavy (non-hydrogen) atoms. The predicted octanol–water partition coefficient (Wildman–Crippen LogP) is 4.24. The van der Waals surface area contributed by atoms with Crippen molar-refractivity contribution in [2.24, 2.45) is 0 Å². The van der Waals surface area contributed by atoms with Gasteiger partial charge < -0.3 is 9.88 Å². The first-order valence-corrected chi connectivity index (χ1v) is 8.40. The number of anilines is 1. The van der Waals surface area contributed by atoms with E-state index in [0.29, 0.717) is 0 Å². The Balaban J connectivity index is 1.89. The predicted molar refractivity (Wildman–Crippen MR) is 98.3 cm³/mol. The van der Waals surface area contributed by atoms with Crippen molar-refractivity contribution in [3.05, 3.63) is 59.4 Å². The maximum Gasteiger partial charge on any atom is 0.244 e. The van der Waals surface area contributed by atoms with E-state index in [-0.39, 0.29) is 12.5 Å². The molecule has 0 fully saturated rings. The van der Waals surface area contributed by atoms with Gasteiger partial charge in [0, 0.05) is 12.1 Å². The van der Waals surface area contributed by atoms with E-state index in [4.69, 9.17) is 0 Å². The molecule has 2 aromatic carbocycles. The molecule has 0 atom stereocenters. The summed E-state index contributed by atoms with van der Waals surface area (Å²) >= 11 is 0. The second kappa shape index (κ2) is 6.87. The highest BCUT2D eigenvalue weighted by molar-refractivity contribution is 5.93. The number of hydrogen-bond donors (Lipinski definition) is 1. The normalized spacial score (nSPS) is 11.0. The summed E-state index contributed by atoms with van der Waals surface area (Å²) in [6.07, 6.45) is 1.87. The lowest BCUT2D eigenvalue weighted by Crippen LogP contribution is -2.21. The highest BCUT2D eigenvalue weighted by Crippen LogP contribution is 2.21. The van der Waals surface area contributed by atoms with Gasteiger partial charge in [0.25, 0.3) is 0 Å². The average Bonchev–Trinajstić information content (AvgIpc) is 2.89. The Kier molecular flexibility index (Phi) is 4.65. The molecule has 0 bridgehead atoms. The van der Waals surface area contributed by atoms with Crippen molar-refractivity contribution in [1.29, 1.82) is 0 Å². The molecule has 4 heteroatoms. The third kappa shape index (κ3) is 3.18. The minimum absolute atomic E-state index is 0.0205. The van der Waals surface area contributed by atoms with E-state index in [9.17, 15) is 4.79 Å². The van der Waals surface area contributed by atoms with Crippen molar-refractivity contribution in [2.75, 3.05) is 5.32 Å². The molecule has 1 aromatic heterocycles. The van der Waals surface area contributed by atoms with Gasteiger partial charge in [0.15, 0.2) is 0 Å². The minimum Gasteiger partial charge on any atom is -0.324 e. The van der Waals surface area contributed by atoms with E-state index in [1.807, 2.05) is 60.9 Å². The lowest BCUT2D eigenvalue weighted by atomic mass is 10.1. The lowest BCUT2D eigenvalue weighted by Gasteiger charge is -2.13.